The molecule has 1 aliphatic rings. The quantitative estimate of drug-likeness (QED) is 0.608. The highest BCUT2D eigenvalue weighted by atomic mass is 32.1. The van der Waals surface area contributed by atoms with Crippen molar-refractivity contribution in [3.63, 3.8) is 0 Å². The Labute approximate surface area is 61.6 Å². The minimum Gasteiger partial charge on any atom is -0.481 e. The fraction of sp³-hybridized carbons (Fsp3) is 0.167. The first-order valence-electron chi connectivity index (χ1n) is 2.86. The number of carbonyl (C=O) groups is 1. The molecule has 2 rings (SSSR count). The minimum absolute atomic E-state index is 0.0741. The summed E-state index contributed by atoms with van der Waals surface area (Å²) in [5.74, 6) is 0.708. The first kappa shape index (κ1) is 5.73. The monoisotopic (exact) mass is 155 g/mol. The first-order valence-corrected chi connectivity index (χ1v) is 3.74. The maximum absolute atomic E-state index is 10.7. The van der Waals surface area contributed by atoms with Crippen molar-refractivity contribution in [1.29, 1.82) is 0 Å². The van der Waals surface area contributed by atoms with Crippen LogP contribution in [0.2, 0.25) is 0 Å². The average molecular weight is 155 g/mol. The van der Waals surface area contributed by atoms with Crippen molar-refractivity contribution in [2.45, 2.75) is 0 Å². The molecule has 0 spiro atoms. The Bertz CT molecular complexity index is 268. The lowest BCUT2D eigenvalue weighted by molar-refractivity contribution is -0.118. The van der Waals surface area contributed by atoms with Gasteiger partial charge in [0.15, 0.2) is 12.4 Å². The highest BCUT2D eigenvalue weighted by molar-refractivity contribution is 7.14. The molecule has 4 heteroatoms. The van der Waals surface area contributed by atoms with Gasteiger partial charge >= 0.3 is 0 Å². The normalized spacial score (nSPS) is 15.4. The smallest absolute Gasteiger partial charge is 0.263 e. The van der Waals surface area contributed by atoms with Crippen LogP contribution in [-0.4, -0.2) is 12.5 Å². The number of fused-ring (bicyclic) bond motifs is 1. The SMILES string of the molecule is O=C1COc2ccsc2N1. The lowest BCUT2D eigenvalue weighted by Crippen LogP contribution is -2.23. The summed E-state index contributed by atoms with van der Waals surface area (Å²) in [5.41, 5.74) is 0. The summed E-state index contributed by atoms with van der Waals surface area (Å²) >= 11 is 1.47. The van der Waals surface area contributed by atoms with Gasteiger partial charge in [-0.1, -0.05) is 0 Å². The third kappa shape index (κ3) is 0.769. The van der Waals surface area contributed by atoms with E-state index in [1.54, 1.807) is 0 Å². The molecule has 1 amide bonds. The van der Waals surface area contributed by atoms with E-state index in [0.717, 1.165) is 10.8 Å². The van der Waals surface area contributed by atoms with Crippen molar-refractivity contribution in [1.82, 2.24) is 0 Å². The van der Waals surface area contributed by atoms with Crippen LogP contribution in [0.15, 0.2) is 11.4 Å². The fourth-order valence-electron chi connectivity index (χ4n) is 0.808. The average Bonchev–Trinajstić information content (AvgIpc) is 2.33. The predicted octanol–water partition coefficient (Wildman–Crippen LogP) is 1.08. The molecule has 0 radical (unpaired) electrons. The predicted molar refractivity (Wildman–Crippen MR) is 38.4 cm³/mol. The molecule has 0 fully saturated rings. The summed E-state index contributed by atoms with van der Waals surface area (Å²) in [6, 6.07) is 1.85. The maximum atomic E-state index is 10.7. The number of anilines is 1. The van der Waals surface area contributed by atoms with Gasteiger partial charge in [-0.3, -0.25) is 4.79 Å². The first-order chi connectivity index (χ1) is 4.86. The zero-order valence-corrected chi connectivity index (χ0v) is 5.90. The molecule has 0 atom stereocenters. The second-order valence-electron chi connectivity index (χ2n) is 1.95. The third-order valence-corrected chi connectivity index (χ3v) is 2.05. The fourth-order valence-corrected chi connectivity index (χ4v) is 1.55. The zero-order valence-electron chi connectivity index (χ0n) is 5.09. The van der Waals surface area contributed by atoms with Gasteiger partial charge in [0.2, 0.25) is 0 Å². The minimum atomic E-state index is -0.0741. The van der Waals surface area contributed by atoms with E-state index in [4.69, 9.17) is 4.74 Å². The van der Waals surface area contributed by atoms with Gasteiger partial charge in [-0.25, -0.2) is 0 Å². The Kier molecular flexibility index (Phi) is 1.14. The molecule has 10 heavy (non-hydrogen) atoms. The molecule has 1 aromatic heterocycles. The number of ether oxygens (including phenoxy) is 1. The van der Waals surface area contributed by atoms with Crippen LogP contribution in [0.4, 0.5) is 5.00 Å². The van der Waals surface area contributed by atoms with Crippen LogP contribution in [0, 0.1) is 0 Å². The molecule has 1 N–H and O–H groups in total. The molecule has 0 saturated carbocycles. The van der Waals surface area contributed by atoms with Crippen LogP contribution in [0.1, 0.15) is 0 Å². The maximum Gasteiger partial charge on any atom is 0.263 e. The molecule has 52 valence electrons. The van der Waals surface area contributed by atoms with E-state index in [-0.39, 0.29) is 12.5 Å². The van der Waals surface area contributed by atoms with Crippen LogP contribution in [-0.2, 0) is 4.79 Å². The van der Waals surface area contributed by atoms with Crippen LogP contribution < -0.4 is 10.1 Å². The van der Waals surface area contributed by atoms with E-state index in [0.29, 0.717) is 0 Å². The van der Waals surface area contributed by atoms with Gasteiger partial charge in [0.05, 0.1) is 0 Å². The van der Waals surface area contributed by atoms with Crippen molar-refractivity contribution in [2.24, 2.45) is 0 Å². The summed E-state index contributed by atoms with van der Waals surface area (Å²) in [7, 11) is 0. The van der Waals surface area contributed by atoms with Crippen LogP contribution >= 0.6 is 11.3 Å². The number of rotatable bonds is 0. The van der Waals surface area contributed by atoms with Gasteiger partial charge in [0.25, 0.3) is 5.91 Å². The molecule has 0 unspecified atom stereocenters. The molecule has 0 aromatic carbocycles. The van der Waals surface area contributed by atoms with E-state index in [1.165, 1.54) is 11.3 Å². The lowest BCUT2D eigenvalue weighted by atomic mass is 10.5. The second-order valence-corrected chi connectivity index (χ2v) is 2.87. The van der Waals surface area contributed by atoms with Crippen LogP contribution in [0.25, 0.3) is 0 Å². The third-order valence-electron chi connectivity index (χ3n) is 1.24. The number of hydrogen-bond acceptors (Lipinski definition) is 3. The van der Waals surface area contributed by atoms with E-state index in [2.05, 4.69) is 5.32 Å². The Morgan fingerprint density at radius 1 is 1.70 bits per heavy atom. The molecule has 0 saturated heterocycles. The van der Waals surface area contributed by atoms with Gasteiger partial charge in [-0.05, 0) is 11.4 Å². The molecule has 0 bridgehead atoms. The standard InChI is InChI=1S/C6H5NO2S/c8-5-3-9-4-1-2-10-6(4)7-5/h1-2H,3H2,(H,7,8). The summed E-state index contributed by atoms with van der Waals surface area (Å²) < 4.78 is 5.07. The largest absolute Gasteiger partial charge is 0.481 e. The van der Waals surface area contributed by atoms with E-state index < -0.39 is 0 Å². The van der Waals surface area contributed by atoms with Crippen LogP contribution in [0.3, 0.4) is 0 Å². The van der Waals surface area contributed by atoms with Crippen molar-refractivity contribution in [3.8, 4) is 5.75 Å². The highest BCUT2D eigenvalue weighted by Gasteiger charge is 2.15. The summed E-state index contributed by atoms with van der Waals surface area (Å²) in [4.78, 5) is 10.7. The Morgan fingerprint density at radius 3 is 3.50 bits per heavy atom. The highest BCUT2D eigenvalue weighted by Crippen LogP contribution is 2.32. The number of amides is 1. The van der Waals surface area contributed by atoms with Gasteiger partial charge in [0, 0.05) is 0 Å². The van der Waals surface area contributed by atoms with Gasteiger partial charge in [-0.2, -0.15) is 0 Å². The Hall–Kier alpha value is -1.03. The summed E-state index contributed by atoms with van der Waals surface area (Å²) in [5, 5.41) is 5.40. The number of thiophene rings is 1. The molecule has 1 aromatic rings. The topological polar surface area (TPSA) is 38.3 Å². The number of nitrogens with one attached hydrogen (secondary N) is 1. The van der Waals surface area contributed by atoms with Crippen LogP contribution in [0.5, 0.6) is 5.75 Å². The zero-order chi connectivity index (χ0) is 6.97. The van der Waals surface area contributed by atoms with E-state index in [9.17, 15) is 4.79 Å². The van der Waals surface area contributed by atoms with E-state index >= 15 is 0 Å². The van der Waals surface area contributed by atoms with Crippen molar-refractivity contribution >= 4 is 22.2 Å². The Morgan fingerprint density at radius 2 is 2.60 bits per heavy atom. The second kappa shape index (κ2) is 1.98. The van der Waals surface area contributed by atoms with Crippen molar-refractivity contribution in [2.75, 3.05) is 11.9 Å². The summed E-state index contributed by atoms with van der Waals surface area (Å²) in [6.07, 6.45) is 0. The Balaban J connectivity index is 2.39. The van der Waals surface area contributed by atoms with Crippen molar-refractivity contribution < 1.29 is 9.53 Å². The summed E-state index contributed by atoms with van der Waals surface area (Å²) in [6.45, 7) is 0.143. The molecular formula is C6H5NO2S. The van der Waals surface area contributed by atoms with Gasteiger partial charge < -0.3 is 10.1 Å². The lowest BCUT2D eigenvalue weighted by Gasteiger charge is -2.12. The van der Waals surface area contributed by atoms with E-state index in [1.807, 2.05) is 11.4 Å². The molecule has 3 nitrogen and oxygen atoms in total. The number of carbonyl (C=O) groups excluding carboxylic acids is 1. The number of hydrogen-bond donors (Lipinski definition) is 1. The van der Waals surface area contributed by atoms with Gasteiger partial charge in [0.1, 0.15) is 5.00 Å². The van der Waals surface area contributed by atoms with Gasteiger partial charge in [-0.15, -0.1) is 11.3 Å². The molecular weight excluding hydrogens is 150 g/mol. The molecule has 1 aliphatic heterocycles. The molecule has 2 heterocycles. The van der Waals surface area contributed by atoms with Crippen molar-refractivity contribution in [3.05, 3.63) is 11.4 Å². The molecule has 0 aliphatic carbocycles.